The van der Waals surface area contributed by atoms with E-state index in [-0.39, 0.29) is 12.4 Å². The first-order valence-corrected chi connectivity index (χ1v) is 5.75. The molecule has 0 aliphatic carbocycles. The Bertz CT molecular complexity index is 291. The molecule has 1 unspecified atom stereocenters. The third-order valence-corrected chi connectivity index (χ3v) is 3.13. The molecule has 0 aromatic heterocycles. The van der Waals surface area contributed by atoms with Crippen LogP contribution in [0.5, 0.6) is 5.75 Å². The number of methoxy groups -OCH3 is 1. The molecular formula is C13H20ClNO. The number of hydrogen-bond acceptors (Lipinski definition) is 2. The molecule has 16 heavy (non-hydrogen) atoms. The Morgan fingerprint density at radius 2 is 1.94 bits per heavy atom. The van der Waals surface area contributed by atoms with Gasteiger partial charge in [0.05, 0.1) is 7.11 Å². The molecule has 1 aromatic carbocycles. The third-order valence-electron chi connectivity index (χ3n) is 3.13. The molecule has 0 bridgehead atoms. The monoisotopic (exact) mass is 241 g/mol. The SMILES string of the molecule is COc1ccc(C2CCCCNC2)cc1.Cl. The van der Waals surface area contributed by atoms with Gasteiger partial charge in [-0.3, -0.25) is 0 Å². The minimum atomic E-state index is 0. The van der Waals surface area contributed by atoms with Gasteiger partial charge in [-0.1, -0.05) is 18.6 Å². The van der Waals surface area contributed by atoms with E-state index >= 15 is 0 Å². The summed E-state index contributed by atoms with van der Waals surface area (Å²) in [6, 6.07) is 8.49. The Morgan fingerprint density at radius 3 is 2.62 bits per heavy atom. The van der Waals surface area contributed by atoms with Crippen molar-refractivity contribution in [1.82, 2.24) is 5.32 Å². The summed E-state index contributed by atoms with van der Waals surface area (Å²) in [6.45, 7) is 2.29. The van der Waals surface area contributed by atoms with Crippen LogP contribution in [0.2, 0.25) is 0 Å². The quantitative estimate of drug-likeness (QED) is 0.860. The highest BCUT2D eigenvalue weighted by atomic mass is 35.5. The molecule has 2 rings (SSSR count). The highest BCUT2D eigenvalue weighted by molar-refractivity contribution is 5.85. The van der Waals surface area contributed by atoms with Crippen LogP contribution in [-0.4, -0.2) is 20.2 Å². The maximum atomic E-state index is 5.17. The van der Waals surface area contributed by atoms with Crippen molar-refractivity contribution >= 4 is 12.4 Å². The second-order valence-corrected chi connectivity index (χ2v) is 4.17. The summed E-state index contributed by atoms with van der Waals surface area (Å²) >= 11 is 0. The molecule has 0 radical (unpaired) electrons. The van der Waals surface area contributed by atoms with Crippen molar-refractivity contribution in [1.29, 1.82) is 0 Å². The van der Waals surface area contributed by atoms with Gasteiger partial charge >= 0.3 is 0 Å². The molecule has 0 amide bonds. The normalized spacial score (nSPS) is 20.7. The molecule has 0 saturated carbocycles. The number of nitrogens with one attached hydrogen (secondary N) is 1. The van der Waals surface area contributed by atoms with Crippen LogP contribution in [0.3, 0.4) is 0 Å². The van der Waals surface area contributed by atoms with Gasteiger partial charge in [0.2, 0.25) is 0 Å². The predicted octanol–water partition coefficient (Wildman–Crippen LogP) is 2.97. The van der Waals surface area contributed by atoms with Crippen molar-refractivity contribution in [2.45, 2.75) is 25.2 Å². The molecular weight excluding hydrogens is 222 g/mol. The average molecular weight is 242 g/mol. The zero-order chi connectivity index (χ0) is 10.5. The fraction of sp³-hybridized carbons (Fsp3) is 0.538. The highest BCUT2D eigenvalue weighted by Gasteiger charge is 2.13. The van der Waals surface area contributed by atoms with Gasteiger partial charge in [0, 0.05) is 6.54 Å². The van der Waals surface area contributed by atoms with Crippen molar-refractivity contribution in [2.75, 3.05) is 20.2 Å². The largest absolute Gasteiger partial charge is 0.497 e. The summed E-state index contributed by atoms with van der Waals surface area (Å²) in [4.78, 5) is 0. The first-order valence-electron chi connectivity index (χ1n) is 5.75. The number of halogens is 1. The summed E-state index contributed by atoms with van der Waals surface area (Å²) in [6.07, 6.45) is 3.95. The van der Waals surface area contributed by atoms with E-state index in [9.17, 15) is 0 Å². The lowest BCUT2D eigenvalue weighted by Crippen LogP contribution is -2.19. The molecule has 1 heterocycles. The highest BCUT2D eigenvalue weighted by Crippen LogP contribution is 2.24. The van der Waals surface area contributed by atoms with E-state index in [4.69, 9.17) is 4.74 Å². The van der Waals surface area contributed by atoms with Gasteiger partial charge in [0.15, 0.2) is 0 Å². The predicted molar refractivity (Wildman–Crippen MR) is 69.7 cm³/mol. The van der Waals surface area contributed by atoms with Crippen molar-refractivity contribution < 1.29 is 4.74 Å². The van der Waals surface area contributed by atoms with E-state index < -0.39 is 0 Å². The molecule has 2 nitrogen and oxygen atoms in total. The van der Waals surface area contributed by atoms with Gasteiger partial charge in [0.25, 0.3) is 0 Å². The van der Waals surface area contributed by atoms with E-state index in [1.54, 1.807) is 7.11 Å². The number of hydrogen-bond donors (Lipinski definition) is 1. The summed E-state index contributed by atoms with van der Waals surface area (Å²) in [5.41, 5.74) is 1.44. The first kappa shape index (κ1) is 13.3. The molecule has 1 atom stereocenters. The lowest BCUT2D eigenvalue weighted by Gasteiger charge is -2.14. The summed E-state index contributed by atoms with van der Waals surface area (Å²) < 4.78 is 5.17. The van der Waals surface area contributed by atoms with E-state index in [1.165, 1.54) is 31.4 Å². The lowest BCUT2D eigenvalue weighted by atomic mass is 9.94. The van der Waals surface area contributed by atoms with Crippen LogP contribution in [0, 0.1) is 0 Å². The van der Waals surface area contributed by atoms with Gasteiger partial charge in [-0.05, 0) is 43.0 Å². The maximum absolute atomic E-state index is 5.17. The third kappa shape index (κ3) is 3.39. The van der Waals surface area contributed by atoms with E-state index in [0.717, 1.165) is 12.3 Å². The first-order chi connectivity index (χ1) is 7.40. The molecule has 1 aliphatic rings. The Labute approximate surface area is 104 Å². The molecule has 1 N–H and O–H groups in total. The van der Waals surface area contributed by atoms with Crippen molar-refractivity contribution in [3.8, 4) is 5.75 Å². The molecule has 1 aromatic rings. The number of rotatable bonds is 2. The smallest absolute Gasteiger partial charge is 0.118 e. The second-order valence-electron chi connectivity index (χ2n) is 4.17. The van der Waals surface area contributed by atoms with Crippen LogP contribution < -0.4 is 10.1 Å². The fourth-order valence-corrected chi connectivity index (χ4v) is 2.18. The molecule has 3 heteroatoms. The Balaban J connectivity index is 0.00000128. The van der Waals surface area contributed by atoms with Crippen molar-refractivity contribution in [2.24, 2.45) is 0 Å². The van der Waals surface area contributed by atoms with Gasteiger partial charge in [0.1, 0.15) is 5.75 Å². The summed E-state index contributed by atoms with van der Waals surface area (Å²) in [5.74, 6) is 1.62. The topological polar surface area (TPSA) is 21.3 Å². The molecule has 90 valence electrons. The summed E-state index contributed by atoms with van der Waals surface area (Å²) in [5, 5.41) is 3.49. The van der Waals surface area contributed by atoms with Gasteiger partial charge in [-0.25, -0.2) is 0 Å². The van der Waals surface area contributed by atoms with Crippen LogP contribution in [-0.2, 0) is 0 Å². The molecule has 0 spiro atoms. The van der Waals surface area contributed by atoms with Crippen LogP contribution in [0.25, 0.3) is 0 Å². The number of ether oxygens (including phenoxy) is 1. The van der Waals surface area contributed by atoms with E-state index in [0.29, 0.717) is 5.92 Å². The zero-order valence-corrected chi connectivity index (χ0v) is 10.6. The van der Waals surface area contributed by atoms with Crippen molar-refractivity contribution in [3.63, 3.8) is 0 Å². The van der Waals surface area contributed by atoms with E-state index in [2.05, 4.69) is 29.6 Å². The van der Waals surface area contributed by atoms with E-state index in [1.807, 2.05) is 0 Å². The lowest BCUT2D eigenvalue weighted by molar-refractivity contribution is 0.414. The molecule has 1 fully saturated rings. The van der Waals surface area contributed by atoms with Crippen LogP contribution >= 0.6 is 12.4 Å². The standard InChI is InChI=1S/C13H19NO.ClH/c1-15-13-7-5-11(6-8-13)12-4-2-3-9-14-10-12;/h5-8,12,14H,2-4,9-10H2,1H3;1H. The van der Waals surface area contributed by atoms with Crippen molar-refractivity contribution in [3.05, 3.63) is 29.8 Å². The number of benzene rings is 1. The maximum Gasteiger partial charge on any atom is 0.118 e. The molecule has 1 aliphatic heterocycles. The fourth-order valence-electron chi connectivity index (χ4n) is 2.18. The Morgan fingerprint density at radius 1 is 1.19 bits per heavy atom. The zero-order valence-electron chi connectivity index (χ0n) is 9.74. The summed E-state index contributed by atoms with van der Waals surface area (Å²) in [7, 11) is 1.71. The Hall–Kier alpha value is -0.730. The van der Waals surface area contributed by atoms with Gasteiger partial charge < -0.3 is 10.1 Å². The minimum absolute atomic E-state index is 0. The average Bonchev–Trinajstić information content (AvgIpc) is 2.58. The van der Waals surface area contributed by atoms with Crippen LogP contribution in [0.4, 0.5) is 0 Å². The molecule has 1 saturated heterocycles. The van der Waals surface area contributed by atoms with Crippen LogP contribution in [0.1, 0.15) is 30.7 Å². The van der Waals surface area contributed by atoms with Gasteiger partial charge in [-0.2, -0.15) is 0 Å². The van der Waals surface area contributed by atoms with Gasteiger partial charge in [-0.15, -0.1) is 12.4 Å². The minimum Gasteiger partial charge on any atom is -0.497 e. The van der Waals surface area contributed by atoms with Crippen LogP contribution in [0.15, 0.2) is 24.3 Å². The second kappa shape index (κ2) is 6.77. The Kier molecular flexibility index (Phi) is 5.64.